The number of nitrogens with one attached hydrogen (secondary N) is 1. The van der Waals surface area contributed by atoms with Crippen molar-refractivity contribution in [3.8, 4) is 0 Å². The van der Waals surface area contributed by atoms with Crippen molar-refractivity contribution in [1.29, 1.82) is 0 Å². The fourth-order valence-electron chi connectivity index (χ4n) is 2.44. The van der Waals surface area contributed by atoms with Crippen LogP contribution >= 0.6 is 0 Å². The van der Waals surface area contributed by atoms with Crippen molar-refractivity contribution in [2.75, 3.05) is 32.8 Å². The first-order valence-electron chi connectivity index (χ1n) is 6.46. The molecule has 1 aliphatic carbocycles. The Morgan fingerprint density at radius 1 is 1.31 bits per heavy atom. The molecule has 1 saturated carbocycles. The summed E-state index contributed by atoms with van der Waals surface area (Å²) in [7, 11) is 0. The van der Waals surface area contributed by atoms with E-state index in [0.29, 0.717) is 19.3 Å². The van der Waals surface area contributed by atoms with Crippen molar-refractivity contribution < 1.29 is 9.53 Å². The number of nitrogens with zero attached hydrogens (tertiary/aromatic N) is 1. The normalized spacial score (nSPS) is 23.8. The number of ether oxygens (including phenoxy) is 1. The third-order valence-corrected chi connectivity index (χ3v) is 3.45. The molecule has 1 saturated heterocycles. The van der Waals surface area contributed by atoms with E-state index < -0.39 is 0 Å². The lowest BCUT2D eigenvalue weighted by atomic mass is 9.98. The molecule has 0 atom stereocenters. The van der Waals surface area contributed by atoms with Crippen molar-refractivity contribution in [1.82, 2.24) is 10.2 Å². The van der Waals surface area contributed by atoms with E-state index in [1.165, 1.54) is 32.1 Å². The lowest BCUT2D eigenvalue weighted by molar-refractivity contribution is -0.133. The van der Waals surface area contributed by atoms with Crippen molar-refractivity contribution >= 4 is 5.91 Å². The van der Waals surface area contributed by atoms with Gasteiger partial charge in [-0.05, 0) is 12.8 Å². The summed E-state index contributed by atoms with van der Waals surface area (Å²) in [6.07, 6.45) is 6.82. The van der Waals surface area contributed by atoms with Crippen molar-refractivity contribution in [3.05, 3.63) is 0 Å². The Bertz CT molecular complexity index is 227. The Morgan fingerprint density at radius 3 is 2.88 bits per heavy atom. The van der Waals surface area contributed by atoms with Crippen LogP contribution in [0, 0.1) is 0 Å². The molecule has 0 unspecified atom stereocenters. The van der Waals surface area contributed by atoms with Gasteiger partial charge in [0.2, 0.25) is 5.91 Å². The number of carbonyl (C=O) groups is 1. The fourth-order valence-corrected chi connectivity index (χ4v) is 2.44. The second-order valence-corrected chi connectivity index (χ2v) is 4.69. The van der Waals surface area contributed by atoms with Crippen LogP contribution < -0.4 is 5.32 Å². The van der Waals surface area contributed by atoms with Crippen LogP contribution in [0.3, 0.4) is 0 Å². The third-order valence-electron chi connectivity index (χ3n) is 3.45. The maximum absolute atomic E-state index is 11.5. The van der Waals surface area contributed by atoms with Gasteiger partial charge in [-0.3, -0.25) is 4.79 Å². The highest BCUT2D eigenvalue weighted by molar-refractivity contribution is 5.78. The molecule has 0 aromatic carbocycles. The average Bonchev–Trinajstić information content (AvgIpc) is 2.33. The van der Waals surface area contributed by atoms with Crippen molar-refractivity contribution in [2.45, 2.75) is 38.2 Å². The Morgan fingerprint density at radius 2 is 2.12 bits per heavy atom. The number of piperazine rings is 1. The standard InChI is InChI=1S/C12H22N2O2/c15-12-10-13-6-7-14(12)8-9-16-11-4-2-1-3-5-11/h11,13H,1-10H2. The summed E-state index contributed by atoms with van der Waals surface area (Å²) < 4.78 is 5.82. The minimum absolute atomic E-state index is 0.207. The van der Waals surface area contributed by atoms with Crippen molar-refractivity contribution in [3.63, 3.8) is 0 Å². The summed E-state index contributed by atoms with van der Waals surface area (Å²) in [5, 5.41) is 3.07. The smallest absolute Gasteiger partial charge is 0.236 e. The Labute approximate surface area is 97.3 Å². The topological polar surface area (TPSA) is 41.6 Å². The first-order chi connectivity index (χ1) is 7.86. The first kappa shape index (κ1) is 11.9. The molecule has 1 heterocycles. The van der Waals surface area contributed by atoms with E-state index in [1.807, 2.05) is 4.90 Å². The van der Waals surface area contributed by atoms with Gasteiger partial charge in [0, 0.05) is 19.6 Å². The molecule has 0 aromatic rings. The van der Waals surface area contributed by atoms with Gasteiger partial charge in [-0.2, -0.15) is 0 Å². The van der Waals surface area contributed by atoms with E-state index in [9.17, 15) is 4.79 Å². The van der Waals surface area contributed by atoms with Gasteiger partial charge in [-0.1, -0.05) is 19.3 Å². The van der Waals surface area contributed by atoms with Crippen LogP contribution in [0.15, 0.2) is 0 Å². The molecule has 16 heavy (non-hydrogen) atoms. The monoisotopic (exact) mass is 226 g/mol. The van der Waals surface area contributed by atoms with Gasteiger partial charge in [0.1, 0.15) is 0 Å². The summed E-state index contributed by atoms with van der Waals surface area (Å²) >= 11 is 0. The molecule has 92 valence electrons. The largest absolute Gasteiger partial charge is 0.376 e. The molecule has 4 nitrogen and oxygen atoms in total. The SMILES string of the molecule is O=C1CNCCN1CCOC1CCCCC1. The zero-order valence-corrected chi connectivity index (χ0v) is 9.91. The molecule has 2 aliphatic rings. The predicted octanol–water partition coefficient (Wildman–Crippen LogP) is 0.767. The molecule has 0 aromatic heterocycles. The van der Waals surface area contributed by atoms with Crippen LogP contribution in [0.2, 0.25) is 0 Å². The Kier molecular flexibility index (Phi) is 4.60. The number of amides is 1. The summed E-state index contributed by atoms with van der Waals surface area (Å²) in [4.78, 5) is 13.4. The minimum Gasteiger partial charge on any atom is -0.376 e. The van der Waals surface area contributed by atoms with Crippen LogP contribution in [0.25, 0.3) is 0 Å². The predicted molar refractivity (Wildman–Crippen MR) is 62.3 cm³/mol. The zero-order chi connectivity index (χ0) is 11.2. The van der Waals surface area contributed by atoms with Crippen LogP contribution in [-0.4, -0.2) is 49.7 Å². The number of hydrogen-bond donors (Lipinski definition) is 1. The highest BCUT2D eigenvalue weighted by atomic mass is 16.5. The molecule has 2 fully saturated rings. The van der Waals surface area contributed by atoms with Crippen LogP contribution in [-0.2, 0) is 9.53 Å². The lowest BCUT2D eigenvalue weighted by Gasteiger charge is -2.28. The summed E-state index contributed by atoms with van der Waals surface area (Å²) in [5.41, 5.74) is 0. The fraction of sp³-hybridized carbons (Fsp3) is 0.917. The van der Waals surface area contributed by atoms with Gasteiger partial charge in [0.15, 0.2) is 0 Å². The number of carbonyl (C=O) groups excluding carboxylic acids is 1. The maximum atomic E-state index is 11.5. The summed E-state index contributed by atoms with van der Waals surface area (Å²) in [5.74, 6) is 0.207. The van der Waals surface area contributed by atoms with Gasteiger partial charge in [0.05, 0.1) is 19.3 Å². The summed E-state index contributed by atoms with van der Waals surface area (Å²) in [6.45, 7) is 3.69. The van der Waals surface area contributed by atoms with Gasteiger partial charge >= 0.3 is 0 Å². The molecule has 0 spiro atoms. The molecule has 4 heteroatoms. The van der Waals surface area contributed by atoms with Gasteiger partial charge in [0.25, 0.3) is 0 Å². The molecule has 1 aliphatic heterocycles. The average molecular weight is 226 g/mol. The first-order valence-corrected chi connectivity index (χ1v) is 6.46. The molecule has 0 bridgehead atoms. The van der Waals surface area contributed by atoms with Gasteiger partial charge in [-0.15, -0.1) is 0 Å². The maximum Gasteiger partial charge on any atom is 0.236 e. The second-order valence-electron chi connectivity index (χ2n) is 4.69. The zero-order valence-electron chi connectivity index (χ0n) is 9.91. The number of rotatable bonds is 4. The van der Waals surface area contributed by atoms with E-state index in [4.69, 9.17) is 4.74 Å². The molecule has 2 rings (SSSR count). The number of hydrogen-bond acceptors (Lipinski definition) is 3. The van der Waals surface area contributed by atoms with Crippen LogP contribution in [0.1, 0.15) is 32.1 Å². The summed E-state index contributed by atoms with van der Waals surface area (Å²) in [6, 6.07) is 0. The van der Waals surface area contributed by atoms with E-state index in [0.717, 1.165) is 19.6 Å². The van der Waals surface area contributed by atoms with E-state index in [1.54, 1.807) is 0 Å². The van der Waals surface area contributed by atoms with E-state index in [2.05, 4.69) is 5.32 Å². The Balaban J connectivity index is 1.61. The lowest BCUT2D eigenvalue weighted by Crippen LogP contribution is -2.49. The second kappa shape index (κ2) is 6.21. The van der Waals surface area contributed by atoms with E-state index in [-0.39, 0.29) is 5.91 Å². The third kappa shape index (κ3) is 3.46. The molecule has 1 N–H and O–H groups in total. The minimum atomic E-state index is 0.207. The van der Waals surface area contributed by atoms with E-state index >= 15 is 0 Å². The quantitative estimate of drug-likeness (QED) is 0.770. The van der Waals surface area contributed by atoms with Gasteiger partial charge < -0.3 is 15.0 Å². The Hall–Kier alpha value is -0.610. The molecular formula is C12H22N2O2. The van der Waals surface area contributed by atoms with Crippen LogP contribution in [0.5, 0.6) is 0 Å². The molecule has 0 radical (unpaired) electrons. The van der Waals surface area contributed by atoms with Gasteiger partial charge in [-0.25, -0.2) is 0 Å². The molecule has 1 amide bonds. The van der Waals surface area contributed by atoms with Crippen LogP contribution in [0.4, 0.5) is 0 Å². The highest BCUT2D eigenvalue weighted by Crippen LogP contribution is 2.20. The van der Waals surface area contributed by atoms with Crippen molar-refractivity contribution in [2.24, 2.45) is 0 Å². The highest BCUT2D eigenvalue weighted by Gasteiger charge is 2.18. The molecular weight excluding hydrogens is 204 g/mol.